The minimum atomic E-state index is -1.08. The molecule has 0 fully saturated rings. The van der Waals surface area contributed by atoms with Gasteiger partial charge in [-0.2, -0.15) is 0 Å². The molecule has 6 heteroatoms. The van der Waals surface area contributed by atoms with Crippen LogP contribution in [-0.2, 0) is 6.54 Å². The number of aromatic nitrogens is 3. The molecule has 1 aromatic heterocycles. The molecule has 1 N–H and O–H groups in total. The molecule has 0 aliphatic rings. The number of benzene rings is 1. The molecule has 0 aliphatic carbocycles. The zero-order valence-electron chi connectivity index (χ0n) is 11.5. The molecule has 1 heterocycles. The number of nitrogens with zero attached hydrogens (tertiary/aromatic N) is 3. The van der Waals surface area contributed by atoms with Gasteiger partial charge in [0.1, 0.15) is 12.4 Å². The monoisotopic (exact) mass is 275 g/mol. The second-order valence-corrected chi connectivity index (χ2v) is 4.71. The first-order chi connectivity index (χ1) is 9.58. The quantitative estimate of drug-likeness (QED) is 0.874. The molecular formula is C14H17N3O3. The van der Waals surface area contributed by atoms with Crippen LogP contribution < -0.4 is 4.74 Å². The second-order valence-electron chi connectivity index (χ2n) is 4.71. The number of para-hydroxylation sites is 1. The summed E-state index contributed by atoms with van der Waals surface area (Å²) in [5.74, 6) is 0.152. The van der Waals surface area contributed by atoms with Crippen LogP contribution in [0.1, 0.15) is 35.8 Å². The standard InChI is InChI=1S/C14H17N3O3/c1-10(2)11-5-3-4-6-13(11)20-8-7-17-9-12(14(18)19)15-16-17/h3-6,9-10H,7-8H2,1-2H3,(H,18,19). The van der Waals surface area contributed by atoms with Gasteiger partial charge in [0, 0.05) is 0 Å². The fourth-order valence-electron chi connectivity index (χ4n) is 1.84. The first-order valence-corrected chi connectivity index (χ1v) is 6.43. The Morgan fingerprint density at radius 1 is 1.40 bits per heavy atom. The Balaban J connectivity index is 1.94. The van der Waals surface area contributed by atoms with Crippen LogP contribution in [-0.4, -0.2) is 32.7 Å². The molecule has 0 unspecified atom stereocenters. The minimum Gasteiger partial charge on any atom is -0.491 e. The lowest BCUT2D eigenvalue weighted by Gasteiger charge is -2.13. The van der Waals surface area contributed by atoms with Gasteiger partial charge in [-0.05, 0) is 17.5 Å². The highest BCUT2D eigenvalue weighted by Crippen LogP contribution is 2.25. The van der Waals surface area contributed by atoms with Crippen molar-refractivity contribution in [2.75, 3.05) is 6.61 Å². The van der Waals surface area contributed by atoms with E-state index in [1.165, 1.54) is 10.9 Å². The van der Waals surface area contributed by atoms with Crippen LogP contribution in [0.4, 0.5) is 0 Å². The van der Waals surface area contributed by atoms with Gasteiger partial charge in [0.2, 0.25) is 0 Å². The summed E-state index contributed by atoms with van der Waals surface area (Å²) in [7, 11) is 0. The van der Waals surface area contributed by atoms with Gasteiger partial charge >= 0.3 is 5.97 Å². The third-order valence-electron chi connectivity index (χ3n) is 2.88. The topological polar surface area (TPSA) is 77.2 Å². The van der Waals surface area contributed by atoms with E-state index in [-0.39, 0.29) is 5.69 Å². The third-order valence-corrected chi connectivity index (χ3v) is 2.88. The first-order valence-electron chi connectivity index (χ1n) is 6.43. The number of carboxylic acid groups (broad SMARTS) is 1. The Kier molecular flexibility index (Phi) is 4.34. The van der Waals surface area contributed by atoms with Crippen LogP contribution in [0.5, 0.6) is 5.75 Å². The predicted molar refractivity (Wildman–Crippen MR) is 73.0 cm³/mol. The van der Waals surface area contributed by atoms with Crippen molar-refractivity contribution in [3.05, 3.63) is 41.7 Å². The van der Waals surface area contributed by atoms with E-state index in [1.807, 2.05) is 24.3 Å². The smallest absolute Gasteiger partial charge is 0.358 e. The normalized spacial score (nSPS) is 10.8. The first kappa shape index (κ1) is 14.0. The number of hydrogen-bond acceptors (Lipinski definition) is 4. The lowest BCUT2D eigenvalue weighted by molar-refractivity contribution is 0.0690. The van der Waals surface area contributed by atoms with Gasteiger partial charge < -0.3 is 9.84 Å². The zero-order valence-corrected chi connectivity index (χ0v) is 11.5. The number of ether oxygens (including phenoxy) is 1. The lowest BCUT2D eigenvalue weighted by Crippen LogP contribution is -2.10. The van der Waals surface area contributed by atoms with Gasteiger partial charge in [-0.25, -0.2) is 9.48 Å². The zero-order chi connectivity index (χ0) is 14.5. The molecule has 20 heavy (non-hydrogen) atoms. The number of rotatable bonds is 6. The summed E-state index contributed by atoms with van der Waals surface area (Å²) in [6.45, 7) is 5.08. The summed E-state index contributed by atoms with van der Waals surface area (Å²) >= 11 is 0. The highest BCUT2D eigenvalue weighted by molar-refractivity contribution is 5.84. The Labute approximate surface area is 117 Å². The molecule has 2 aromatic rings. The predicted octanol–water partition coefficient (Wildman–Crippen LogP) is 2.18. The van der Waals surface area contributed by atoms with Crippen molar-refractivity contribution < 1.29 is 14.6 Å². The van der Waals surface area contributed by atoms with Crippen molar-refractivity contribution in [2.45, 2.75) is 26.3 Å². The maximum absolute atomic E-state index is 10.7. The Bertz CT molecular complexity index is 593. The van der Waals surface area contributed by atoms with Gasteiger partial charge in [-0.3, -0.25) is 0 Å². The van der Waals surface area contributed by atoms with Gasteiger partial charge in [-0.1, -0.05) is 37.3 Å². The molecule has 106 valence electrons. The molecule has 0 amide bonds. The molecule has 0 saturated heterocycles. The number of aromatic carboxylic acids is 1. The SMILES string of the molecule is CC(C)c1ccccc1OCCn1cc(C(=O)O)nn1. The van der Waals surface area contributed by atoms with Crippen molar-refractivity contribution >= 4 is 5.97 Å². The van der Waals surface area contributed by atoms with Crippen LogP contribution >= 0.6 is 0 Å². The molecule has 0 saturated carbocycles. The van der Waals surface area contributed by atoms with Crippen LogP contribution in [0, 0.1) is 0 Å². The Hall–Kier alpha value is -2.37. The van der Waals surface area contributed by atoms with Crippen LogP contribution in [0.15, 0.2) is 30.5 Å². The van der Waals surface area contributed by atoms with Crippen molar-refractivity contribution in [3.8, 4) is 5.75 Å². The molecule has 6 nitrogen and oxygen atoms in total. The summed E-state index contributed by atoms with van der Waals surface area (Å²) in [4.78, 5) is 10.7. The van der Waals surface area contributed by atoms with E-state index in [1.54, 1.807) is 0 Å². The van der Waals surface area contributed by atoms with Crippen molar-refractivity contribution in [1.29, 1.82) is 0 Å². The van der Waals surface area contributed by atoms with Crippen LogP contribution in [0.3, 0.4) is 0 Å². The highest BCUT2D eigenvalue weighted by atomic mass is 16.5. The average Bonchev–Trinajstić information content (AvgIpc) is 2.88. The fraction of sp³-hybridized carbons (Fsp3) is 0.357. The molecular weight excluding hydrogens is 258 g/mol. The van der Waals surface area contributed by atoms with E-state index >= 15 is 0 Å². The molecule has 0 aliphatic heterocycles. The second kappa shape index (κ2) is 6.18. The lowest BCUT2D eigenvalue weighted by atomic mass is 10.0. The van der Waals surface area contributed by atoms with Crippen molar-refractivity contribution in [2.24, 2.45) is 0 Å². The largest absolute Gasteiger partial charge is 0.491 e. The van der Waals surface area contributed by atoms with E-state index in [0.717, 1.165) is 11.3 Å². The summed E-state index contributed by atoms with van der Waals surface area (Å²) in [5, 5.41) is 16.0. The van der Waals surface area contributed by atoms with Crippen LogP contribution in [0.25, 0.3) is 0 Å². The number of hydrogen-bond donors (Lipinski definition) is 1. The summed E-state index contributed by atoms with van der Waals surface area (Å²) in [6, 6.07) is 7.88. The molecule has 0 bridgehead atoms. The van der Waals surface area contributed by atoms with Crippen LogP contribution in [0.2, 0.25) is 0 Å². The minimum absolute atomic E-state index is 0.0624. The highest BCUT2D eigenvalue weighted by Gasteiger charge is 2.09. The van der Waals surface area contributed by atoms with E-state index in [9.17, 15) is 4.79 Å². The van der Waals surface area contributed by atoms with Gasteiger partial charge in [0.05, 0.1) is 12.7 Å². The average molecular weight is 275 g/mol. The van der Waals surface area contributed by atoms with E-state index < -0.39 is 5.97 Å². The van der Waals surface area contributed by atoms with Crippen molar-refractivity contribution in [1.82, 2.24) is 15.0 Å². The summed E-state index contributed by atoms with van der Waals surface area (Å²) in [5.41, 5.74) is 1.09. The van der Waals surface area contributed by atoms with E-state index in [2.05, 4.69) is 24.2 Å². The summed E-state index contributed by atoms with van der Waals surface area (Å²) < 4.78 is 7.20. The molecule has 0 spiro atoms. The van der Waals surface area contributed by atoms with Gasteiger partial charge in [-0.15, -0.1) is 5.10 Å². The van der Waals surface area contributed by atoms with Crippen molar-refractivity contribution in [3.63, 3.8) is 0 Å². The molecule has 0 radical (unpaired) electrons. The maximum atomic E-state index is 10.7. The Morgan fingerprint density at radius 3 is 2.80 bits per heavy atom. The molecule has 0 atom stereocenters. The molecule has 2 rings (SSSR count). The number of carboxylic acids is 1. The van der Waals surface area contributed by atoms with Gasteiger partial charge in [0.15, 0.2) is 5.69 Å². The van der Waals surface area contributed by atoms with Gasteiger partial charge in [0.25, 0.3) is 0 Å². The Morgan fingerprint density at radius 2 is 2.15 bits per heavy atom. The number of carbonyl (C=O) groups is 1. The molecule has 1 aromatic carbocycles. The maximum Gasteiger partial charge on any atom is 0.358 e. The van der Waals surface area contributed by atoms with E-state index in [4.69, 9.17) is 9.84 Å². The summed E-state index contributed by atoms with van der Waals surface area (Å²) in [6.07, 6.45) is 1.39. The fourth-order valence-corrected chi connectivity index (χ4v) is 1.84. The van der Waals surface area contributed by atoms with E-state index in [0.29, 0.717) is 19.1 Å². The third kappa shape index (κ3) is 3.34.